The molecule has 0 bridgehead atoms. The first-order chi connectivity index (χ1) is 8.45. The topological polar surface area (TPSA) is 0 Å². The monoisotopic (exact) mass is 252 g/mol. The second-order valence-corrected chi connectivity index (χ2v) is 6.92. The molecular formula is C18H36. The Bertz CT molecular complexity index is 200. The second-order valence-electron chi connectivity index (χ2n) is 6.92. The lowest BCUT2D eigenvalue weighted by atomic mass is 9.85. The minimum absolute atomic E-state index is 0.799. The molecule has 0 saturated carbocycles. The molecule has 0 aliphatic rings. The minimum atomic E-state index is 0.799. The van der Waals surface area contributed by atoms with Crippen molar-refractivity contribution in [3.63, 3.8) is 0 Å². The largest absolute Gasteiger partial charge is 0.0885 e. The van der Waals surface area contributed by atoms with E-state index in [9.17, 15) is 0 Å². The van der Waals surface area contributed by atoms with Gasteiger partial charge in [0.15, 0.2) is 0 Å². The van der Waals surface area contributed by atoms with E-state index in [0.717, 1.165) is 23.7 Å². The standard InChI is InChI=1S/C18H36/c1-7-17(6)14-18(13-16(4)5)12-10-8-9-11-15(2)3/h8-9,15-18H,7,10-14H2,1-6H3. The molecule has 0 heteroatoms. The van der Waals surface area contributed by atoms with Crippen LogP contribution < -0.4 is 0 Å². The van der Waals surface area contributed by atoms with Crippen LogP contribution in [0.1, 0.15) is 80.1 Å². The molecule has 0 amide bonds. The first-order valence-corrected chi connectivity index (χ1v) is 8.10. The van der Waals surface area contributed by atoms with Crippen molar-refractivity contribution in [1.29, 1.82) is 0 Å². The molecule has 108 valence electrons. The van der Waals surface area contributed by atoms with E-state index >= 15 is 0 Å². The Balaban J connectivity index is 3.96. The molecule has 0 aromatic heterocycles. The van der Waals surface area contributed by atoms with Crippen LogP contribution in [0.15, 0.2) is 12.2 Å². The van der Waals surface area contributed by atoms with Gasteiger partial charge in [-0.1, -0.05) is 60.1 Å². The molecule has 0 aliphatic heterocycles. The summed E-state index contributed by atoms with van der Waals surface area (Å²) in [7, 11) is 0. The predicted molar refractivity (Wildman–Crippen MR) is 84.8 cm³/mol. The van der Waals surface area contributed by atoms with Gasteiger partial charge in [0.1, 0.15) is 0 Å². The molecule has 0 spiro atoms. The van der Waals surface area contributed by atoms with Gasteiger partial charge in [0.05, 0.1) is 0 Å². The summed E-state index contributed by atoms with van der Waals surface area (Å²) >= 11 is 0. The average molecular weight is 252 g/mol. The molecule has 0 nitrogen and oxygen atoms in total. The molecule has 0 radical (unpaired) electrons. The Labute approximate surface area is 116 Å². The molecule has 0 aliphatic carbocycles. The molecule has 0 N–H and O–H groups in total. The summed E-state index contributed by atoms with van der Waals surface area (Å²) in [6.07, 6.45) is 12.8. The summed E-state index contributed by atoms with van der Waals surface area (Å²) < 4.78 is 0. The maximum absolute atomic E-state index is 2.41. The number of hydrogen-bond donors (Lipinski definition) is 0. The fraction of sp³-hybridized carbons (Fsp3) is 0.889. The van der Waals surface area contributed by atoms with Gasteiger partial charge in [-0.2, -0.15) is 0 Å². The first-order valence-electron chi connectivity index (χ1n) is 8.10. The van der Waals surface area contributed by atoms with Crippen molar-refractivity contribution in [2.24, 2.45) is 23.7 Å². The molecule has 0 heterocycles. The van der Waals surface area contributed by atoms with Crippen LogP contribution in [0.4, 0.5) is 0 Å². The van der Waals surface area contributed by atoms with Gasteiger partial charge in [-0.25, -0.2) is 0 Å². The molecule has 18 heavy (non-hydrogen) atoms. The fourth-order valence-electron chi connectivity index (χ4n) is 2.55. The Morgan fingerprint density at radius 1 is 0.833 bits per heavy atom. The summed E-state index contributed by atoms with van der Waals surface area (Å²) in [5.74, 6) is 3.48. The van der Waals surface area contributed by atoms with E-state index in [2.05, 4.69) is 53.7 Å². The van der Waals surface area contributed by atoms with Crippen molar-refractivity contribution >= 4 is 0 Å². The van der Waals surface area contributed by atoms with Crippen molar-refractivity contribution in [3.8, 4) is 0 Å². The van der Waals surface area contributed by atoms with Crippen LogP contribution in [-0.4, -0.2) is 0 Å². The summed E-state index contributed by atoms with van der Waals surface area (Å²) in [6.45, 7) is 14.0. The smallest absolute Gasteiger partial charge is 0.0327 e. The SMILES string of the molecule is CCC(C)CC(CCC=CCC(C)C)CC(C)C. The predicted octanol–water partition coefficient (Wildman–Crippen LogP) is 6.47. The zero-order valence-electron chi connectivity index (χ0n) is 13.7. The Kier molecular flexibility index (Phi) is 10.5. The van der Waals surface area contributed by atoms with E-state index < -0.39 is 0 Å². The third-order valence-corrected chi connectivity index (χ3v) is 3.75. The van der Waals surface area contributed by atoms with Crippen LogP contribution in [0.5, 0.6) is 0 Å². The lowest BCUT2D eigenvalue weighted by molar-refractivity contribution is 0.312. The second kappa shape index (κ2) is 10.6. The van der Waals surface area contributed by atoms with Crippen LogP contribution in [0.3, 0.4) is 0 Å². The number of hydrogen-bond acceptors (Lipinski definition) is 0. The first kappa shape index (κ1) is 17.7. The summed E-state index contributed by atoms with van der Waals surface area (Å²) in [5.41, 5.74) is 0. The lowest BCUT2D eigenvalue weighted by Gasteiger charge is -2.21. The third kappa shape index (κ3) is 10.9. The molecular weight excluding hydrogens is 216 g/mol. The van der Waals surface area contributed by atoms with Gasteiger partial charge >= 0.3 is 0 Å². The minimum Gasteiger partial charge on any atom is -0.0885 e. The molecule has 2 unspecified atom stereocenters. The van der Waals surface area contributed by atoms with E-state index in [1.165, 1.54) is 38.5 Å². The summed E-state index contributed by atoms with van der Waals surface area (Å²) in [4.78, 5) is 0. The van der Waals surface area contributed by atoms with Crippen molar-refractivity contribution in [3.05, 3.63) is 12.2 Å². The van der Waals surface area contributed by atoms with Gasteiger partial charge < -0.3 is 0 Å². The molecule has 0 fully saturated rings. The maximum atomic E-state index is 2.41. The zero-order chi connectivity index (χ0) is 14.0. The van der Waals surface area contributed by atoms with Gasteiger partial charge in [-0.05, 0) is 55.8 Å². The van der Waals surface area contributed by atoms with Gasteiger partial charge in [-0.15, -0.1) is 0 Å². The highest BCUT2D eigenvalue weighted by Crippen LogP contribution is 2.26. The van der Waals surface area contributed by atoms with E-state index in [1.807, 2.05) is 0 Å². The van der Waals surface area contributed by atoms with Gasteiger partial charge in [-0.3, -0.25) is 0 Å². The normalized spacial score (nSPS) is 15.8. The summed E-state index contributed by atoms with van der Waals surface area (Å²) in [6, 6.07) is 0. The zero-order valence-corrected chi connectivity index (χ0v) is 13.7. The Morgan fingerprint density at radius 3 is 2.00 bits per heavy atom. The molecule has 0 saturated heterocycles. The quantitative estimate of drug-likeness (QED) is 0.391. The summed E-state index contributed by atoms with van der Waals surface area (Å²) in [5, 5.41) is 0. The molecule has 0 aromatic rings. The van der Waals surface area contributed by atoms with Crippen molar-refractivity contribution < 1.29 is 0 Å². The average Bonchev–Trinajstić information content (AvgIpc) is 2.26. The van der Waals surface area contributed by atoms with Gasteiger partial charge in [0.2, 0.25) is 0 Å². The molecule has 0 aromatic carbocycles. The van der Waals surface area contributed by atoms with Gasteiger partial charge in [0, 0.05) is 0 Å². The highest BCUT2D eigenvalue weighted by molar-refractivity contribution is 4.83. The van der Waals surface area contributed by atoms with Gasteiger partial charge in [0.25, 0.3) is 0 Å². The van der Waals surface area contributed by atoms with Crippen LogP contribution in [0.25, 0.3) is 0 Å². The highest BCUT2D eigenvalue weighted by Gasteiger charge is 2.13. The van der Waals surface area contributed by atoms with Crippen LogP contribution in [0.2, 0.25) is 0 Å². The number of allylic oxidation sites excluding steroid dienone is 2. The maximum Gasteiger partial charge on any atom is -0.0327 e. The highest BCUT2D eigenvalue weighted by atomic mass is 14.2. The van der Waals surface area contributed by atoms with Crippen LogP contribution in [-0.2, 0) is 0 Å². The van der Waals surface area contributed by atoms with E-state index in [1.54, 1.807) is 0 Å². The lowest BCUT2D eigenvalue weighted by Crippen LogP contribution is -2.09. The van der Waals surface area contributed by atoms with Crippen molar-refractivity contribution in [2.45, 2.75) is 80.1 Å². The Hall–Kier alpha value is -0.260. The molecule has 2 atom stereocenters. The third-order valence-electron chi connectivity index (χ3n) is 3.75. The van der Waals surface area contributed by atoms with E-state index in [-0.39, 0.29) is 0 Å². The van der Waals surface area contributed by atoms with Crippen molar-refractivity contribution in [1.82, 2.24) is 0 Å². The van der Waals surface area contributed by atoms with Crippen LogP contribution in [0, 0.1) is 23.7 Å². The fourth-order valence-corrected chi connectivity index (χ4v) is 2.55. The van der Waals surface area contributed by atoms with Crippen molar-refractivity contribution in [2.75, 3.05) is 0 Å². The van der Waals surface area contributed by atoms with E-state index in [0.29, 0.717) is 0 Å². The molecule has 0 rings (SSSR count). The van der Waals surface area contributed by atoms with Crippen LogP contribution >= 0.6 is 0 Å². The Morgan fingerprint density at radius 2 is 1.50 bits per heavy atom. The van der Waals surface area contributed by atoms with E-state index in [4.69, 9.17) is 0 Å². The number of rotatable bonds is 10.